The summed E-state index contributed by atoms with van der Waals surface area (Å²) in [6.07, 6.45) is 0.577. The van der Waals surface area contributed by atoms with E-state index in [4.69, 9.17) is 15.2 Å². The van der Waals surface area contributed by atoms with Crippen LogP contribution in [-0.2, 0) is 16.0 Å². The van der Waals surface area contributed by atoms with Gasteiger partial charge < -0.3 is 15.2 Å². The van der Waals surface area contributed by atoms with Crippen molar-refractivity contribution < 1.29 is 14.3 Å². The number of hydrogen-bond acceptors (Lipinski definition) is 4. The van der Waals surface area contributed by atoms with Gasteiger partial charge in [0.25, 0.3) is 0 Å². The molecule has 0 saturated heterocycles. The van der Waals surface area contributed by atoms with Crippen LogP contribution in [0.2, 0.25) is 0 Å². The third-order valence-electron chi connectivity index (χ3n) is 2.32. The van der Waals surface area contributed by atoms with E-state index in [1.807, 2.05) is 38.1 Å². The van der Waals surface area contributed by atoms with Crippen molar-refractivity contribution in [2.45, 2.75) is 39.3 Å². The normalized spacial score (nSPS) is 12.3. The average molecular weight is 251 g/mol. The van der Waals surface area contributed by atoms with Gasteiger partial charge in [-0.05, 0) is 44.9 Å². The Morgan fingerprint density at radius 1 is 1.39 bits per heavy atom. The smallest absolute Gasteiger partial charge is 0.323 e. The molecular formula is C14H21NO3. The Kier molecular flexibility index (Phi) is 5.65. The van der Waals surface area contributed by atoms with Crippen LogP contribution in [0.3, 0.4) is 0 Å². The lowest BCUT2D eigenvalue weighted by molar-refractivity contribution is -0.144. The maximum absolute atomic E-state index is 11.4. The Bertz CT molecular complexity index is 390. The molecule has 0 aromatic heterocycles. The molecular weight excluding hydrogens is 230 g/mol. The van der Waals surface area contributed by atoms with Gasteiger partial charge in [0.2, 0.25) is 0 Å². The Morgan fingerprint density at radius 2 is 2.11 bits per heavy atom. The number of carbonyl (C=O) groups excluding carboxylic acids is 1. The quantitative estimate of drug-likeness (QED) is 0.784. The summed E-state index contributed by atoms with van der Waals surface area (Å²) < 4.78 is 10.5. The minimum absolute atomic E-state index is 0.124. The van der Waals surface area contributed by atoms with E-state index in [2.05, 4.69) is 0 Å². The Labute approximate surface area is 108 Å². The van der Waals surface area contributed by atoms with Crippen LogP contribution in [0, 0.1) is 0 Å². The van der Waals surface area contributed by atoms with Crippen LogP contribution in [0.25, 0.3) is 0 Å². The molecule has 100 valence electrons. The van der Waals surface area contributed by atoms with E-state index >= 15 is 0 Å². The lowest BCUT2D eigenvalue weighted by atomic mass is 10.1. The summed E-state index contributed by atoms with van der Waals surface area (Å²) in [4.78, 5) is 11.4. The number of nitrogens with two attached hydrogens (primary N) is 1. The molecule has 1 unspecified atom stereocenters. The van der Waals surface area contributed by atoms with Crippen LogP contribution in [0.5, 0.6) is 5.75 Å². The lowest BCUT2D eigenvalue weighted by Crippen LogP contribution is -2.34. The Balaban J connectivity index is 2.64. The molecule has 1 atom stereocenters. The molecule has 1 rings (SSSR count). The minimum atomic E-state index is -0.626. The van der Waals surface area contributed by atoms with Crippen molar-refractivity contribution >= 4 is 5.97 Å². The molecule has 0 saturated carbocycles. The topological polar surface area (TPSA) is 61.5 Å². The van der Waals surface area contributed by atoms with Gasteiger partial charge in [0.1, 0.15) is 11.8 Å². The van der Waals surface area contributed by atoms with Crippen molar-refractivity contribution in [2.75, 3.05) is 6.61 Å². The predicted octanol–water partition coefficient (Wildman–Crippen LogP) is 1.91. The zero-order valence-corrected chi connectivity index (χ0v) is 11.2. The second-order valence-corrected chi connectivity index (χ2v) is 4.38. The van der Waals surface area contributed by atoms with Gasteiger partial charge in [-0.3, -0.25) is 4.79 Å². The lowest BCUT2D eigenvalue weighted by Gasteiger charge is -2.13. The van der Waals surface area contributed by atoms with Gasteiger partial charge in [-0.1, -0.05) is 12.1 Å². The molecule has 0 fully saturated rings. The number of carbonyl (C=O) groups is 1. The highest BCUT2D eigenvalue weighted by atomic mass is 16.5. The maximum atomic E-state index is 11.4. The van der Waals surface area contributed by atoms with Crippen LogP contribution in [0.15, 0.2) is 24.3 Å². The second-order valence-electron chi connectivity index (χ2n) is 4.38. The standard InChI is InChI=1S/C14H21NO3/c1-4-17-14(16)13(15)9-11-6-5-7-12(8-11)18-10(2)3/h5-8,10,13H,4,9,15H2,1-3H3. The van der Waals surface area contributed by atoms with Crippen LogP contribution in [0.1, 0.15) is 26.3 Å². The highest BCUT2D eigenvalue weighted by Gasteiger charge is 2.15. The van der Waals surface area contributed by atoms with Crippen molar-refractivity contribution in [1.82, 2.24) is 0 Å². The first-order valence-corrected chi connectivity index (χ1v) is 6.20. The fourth-order valence-corrected chi connectivity index (χ4v) is 1.60. The number of benzene rings is 1. The van der Waals surface area contributed by atoms with Gasteiger partial charge in [-0.2, -0.15) is 0 Å². The highest BCUT2D eigenvalue weighted by molar-refractivity contribution is 5.75. The fraction of sp³-hybridized carbons (Fsp3) is 0.500. The molecule has 0 aliphatic carbocycles. The van der Waals surface area contributed by atoms with Crippen molar-refractivity contribution in [3.8, 4) is 5.75 Å². The molecule has 0 radical (unpaired) electrons. The summed E-state index contributed by atoms with van der Waals surface area (Å²) in [5.41, 5.74) is 6.74. The van der Waals surface area contributed by atoms with Gasteiger partial charge in [0, 0.05) is 0 Å². The van der Waals surface area contributed by atoms with Gasteiger partial charge in [0.05, 0.1) is 12.7 Å². The van der Waals surface area contributed by atoms with Gasteiger partial charge in [-0.15, -0.1) is 0 Å². The van der Waals surface area contributed by atoms with E-state index in [1.165, 1.54) is 0 Å². The van der Waals surface area contributed by atoms with E-state index in [0.717, 1.165) is 11.3 Å². The maximum Gasteiger partial charge on any atom is 0.323 e. The van der Waals surface area contributed by atoms with Crippen LogP contribution in [0.4, 0.5) is 0 Å². The third kappa shape index (κ3) is 4.75. The van der Waals surface area contributed by atoms with E-state index in [0.29, 0.717) is 13.0 Å². The minimum Gasteiger partial charge on any atom is -0.491 e. The number of hydrogen-bond donors (Lipinski definition) is 1. The predicted molar refractivity (Wildman–Crippen MR) is 70.5 cm³/mol. The van der Waals surface area contributed by atoms with Gasteiger partial charge in [-0.25, -0.2) is 0 Å². The molecule has 0 aliphatic heterocycles. The van der Waals surface area contributed by atoms with Crippen molar-refractivity contribution in [2.24, 2.45) is 5.73 Å². The Hall–Kier alpha value is -1.55. The summed E-state index contributed by atoms with van der Waals surface area (Å²) >= 11 is 0. The second kappa shape index (κ2) is 7.01. The molecule has 0 heterocycles. The van der Waals surface area contributed by atoms with E-state index < -0.39 is 6.04 Å². The van der Waals surface area contributed by atoms with Crippen molar-refractivity contribution in [3.05, 3.63) is 29.8 Å². The average Bonchev–Trinajstić information content (AvgIpc) is 2.28. The Morgan fingerprint density at radius 3 is 2.72 bits per heavy atom. The van der Waals surface area contributed by atoms with Crippen LogP contribution >= 0.6 is 0 Å². The third-order valence-corrected chi connectivity index (χ3v) is 2.32. The fourth-order valence-electron chi connectivity index (χ4n) is 1.60. The molecule has 0 bridgehead atoms. The molecule has 4 nitrogen and oxygen atoms in total. The first-order valence-electron chi connectivity index (χ1n) is 6.20. The summed E-state index contributed by atoms with van der Waals surface area (Å²) in [6.45, 7) is 6.05. The SMILES string of the molecule is CCOC(=O)C(N)Cc1cccc(OC(C)C)c1. The van der Waals surface area contributed by atoms with Crippen LogP contribution in [-0.4, -0.2) is 24.7 Å². The first kappa shape index (κ1) is 14.5. The molecule has 1 aromatic carbocycles. The van der Waals surface area contributed by atoms with Crippen molar-refractivity contribution in [1.29, 1.82) is 0 Å². The van der Waals surface area contributed by atoms with Gasteiger partial charge >= 0.3 is 5.97 Å². The summed E-state index contributed by atoms with van der Waals surface area (Å²) in [7, 11) is 0. The molecule has 0 amide bonds. The van der Waals surface area contributed by atoms with Crippen LogP contribution < -0.4 is 10.5 Å². The molecule has 0 aliphatic rings. The van der Waals surface area contributed by atoms with E-state index in [1.54, 1.807) is 6.92 Å². The molecule has 1 aromatic rings. The summed E-state index contributed by atoms with van der Waals surface area (Å²) in [5, 5.41) is 0. The molecule has 18 heavy (non-hydrogen) atoms. The summed E-state index contributed by atoms with van der Waals surface area (Å²) in [5.74, 6) is 0.422. The zero-order valence-electron chi connectivity index (χ0n) is 11.2. The zero-order chi connectivity index (χ0) is 13.5. The van der Waals surface area contributed by atoms with Gasteiger partial charge in [0.15, 0.2) is 0 Å². The van der Waals surface area contributed by atoms with Crippen molar-refractivity contribution in [3.63, 3.8) is 0 Å². The van der Waals surface area contributed by atoms with E-state index in [-0.39, 0.29) is 12.1 Å². The molecule has 2 N–H and O–H groups in total. The monoisotopic (exact) mass is 251 g/mol. The van der Waals surface area contributed by atoms with E-state index in [9.17, 15) is 4.79 Å². The largest absolute Gasteiger partial charge is 0.491 e. The molecule has 4 heteroatoms. The summed E-state index contributed by atoms with van der Waals surface area (Å²) in [6, 6.07) is 6.98. The number of rotatable bonds is 6. The highest BCUT2D eigenvalue weighted by Crippen LogP contribution is 2.16. The number of ether oxygens (including phenoxy) is 2. The molecule has 0 spiro atoms. The first-order chi connectivity index (χ1) is 8.52. The number of esters is 1.